The summed E-state index contributed by atoms with van der Waals surface area (Å²) in [5.74, 6) is 0.492. The molecule has 0 atom stereocenters. The second-order valence-electron chi connectivity index (χ2n) is 7.15. The fraction of sp³-hybridized carbons (Fsp3) is 0.217. The van der Waals surface area contributed by atoms with Crippen molar-refractivity contribution < 1.29 is 4.79 Å². The topological polar surface area (TPSA) is 72.2 Å². The molecule has 152 valence electrons. The summed E-state index contributed by atoms with van der Waals surface area (Å²) >= 11 is 1.64. The highest BCUT2D eigenvalue weighted by molar-refractivity contribution is 7.99. The summed E-state index contributed by atoms with van der Waals surface area (Å²) < 4.78 is 1.80. The number of amides is 1. The number of carbonyl (C=O) groups excluding carboxylic acids is 1. The van der Waals surface area contributed by atoms with Crippen LogP contribution >= 0.6 is 11.8 Å². The maximum atomic E-state index is 12.4. The molecule has 1 amide bonds. The van der Waals surface area contributed by atoms with Gasteiger partial charge in [-0.3, -0.25) is 4.79 Å². The Hall–Kier alpha value is -3.19. The van der Waals surface area contributed by atoms with E-state index in [0.29, 0.717) is 11.3 Å². The van der Waals surface area contributed by atoms with Gasteiger partial charge in [-0.2, -0.15) is 14.6 Å². The zero-order chi connectivity index (χ0) is 21.1. The molecule has 2 aromatic heterocycles. The number of benzene rings is 2. The Labute approximate surface area is 179 Å². The molecule has 0 radical (unpaired) electrons. The van der Waals surface area contributed by atoms with Crippen molar-refractivity contribution in [2.24, 2.45) is 0 Å². The lowest BCUT2D eigenvalue weighted by atomic mass is 10.1. The van der Waals surface area contributed by atoms with Gasteiger partial charge in [0.15, 0.2) is 0 Å². The lowest BCUT2D eigenvalue weighted by Crippen LogP contribution is -2.11. The zero-order valence-corrected chi connectivity index (χ0v) is 18.0. The minimum Gasteiger partial charge on any atom is -0.322 e. The van der Waals surface area contributed by atoms with Crippen molar-refractivity contribution in [1.82, 2.24) is 19.6 Å². The number of carbonyl (C=O) groups is 1. The van der Waals surface area contributed by atoms with Gasteiger partial charge in [-0.1, -0.05) is 42.8 Å². The number of aryl methyl sites for hydroxylation is 2. The van der Waals surface area contributed by atoms with Crippen LogP contribution in [0.5, 0.6) is 0 Å². The second kappa shape index (κ2) is 8.67. The van der Waals surface area contributed by atoms with Crippen LogP contribution in [0.1, 0.15) is 40.5 Å². The van der Waals surface area contributed by atoms with Crippen LogP contribution in [0.3, 0.4) is 0 Å². The van der Waals surface area contributed by atoms with Gasteiger partial charge < -0.3 is 5.32 Å². The quantitative estimate of drug-likeness (QED) is 0.442. The molecule has 4 aromatic rings. The van der Waals surface area contributed by atoms with Gasteiger partial charge in [0, 0.05) is 27.4 Å². The molecule has 0 fully saturated rings. The summed E-state index contributed by atoms with van der Waals surface area (Å²) in [6.07, 6.45) is 3.49. The van der Waals surface area contributed by atoms with Gasteiger partial charge in [0.05, 0.1) is 0 Å². The second-order valence-corrected chi connectivity index (χ2v) is 8.21. The highest BCUT2D eigenvalue weighted by Gasteiger charge is 2.15. The molecule has 2 heterocycles. The van der Waals surface area contributed by atoms with E-state index < -0.39 is 0 Å². The van der Waals surface area contributed by atoms with Gasteiger partial charge >= 0.3 is 0 Å². The SMILES string of the molecule is CCCc1c(C)nc2ncnn2c1Sc1ccc(NC(=O)c2ccc(C)cc2)cc1. The van der Waals surface area contributed by atoms with Crippen molar-refractivity contribution in [3.05, 3.63) is 77.2 Å². The van der Waals surface area contributed by atoms with Gasteiger partial charge in [0.25, 0.3) is 11.7 Å². The molecule has 0 aliphatic rings. The predicted molar refractivity (Wildman–Crippen MR) is 119 cm³/mol. The van der Waals surface area contributed by atoms with Gasteiger partial charge in [-0.15, -0.1) is 0 Å². The fourth-order valence-corrected chi connectivity index (χ4v) is 4.31. The number of aromatic nitrogens is 4. The Bertz CT molecular complexity index is 1180. The molecule has 6 nitrogen and oxygen atoms in total. The summed E-state index contributed by atoms with van der Waals surface area (Å²) in [4.78, 5) is 22.3. The first-order chi connectivity index (χ1) is 14.5. The number of fused-ring (bicyclic) bond motifs is 1. The molecule has 30 heavy (non-hydrogen) atoms. The van der Waals surface area contributed by atoms with Crippen molar-refractivity contribution >= 4 is 29.1 Å². The Balaban J connectivity index is 1.55. The molecule has 1 N–H and O–H groups in total. The lowest BCUT2D eigenvalue weighted by Gasteiger charge is -2.13. The minimum atomic E-state index is -0.116. The van der Waals surface area contributed by atoms with Crippen molar-refractivity contribution in [2.75, 3.05) is 5.32 Å². The van der Waals surface area contributed by atoms with Gasteiger partial charge in [0.2, 0.25) is 0 Å². The van der Waals surface area contributed by atoms with Gasteiger partial charge in [0.1, 0.15) is 11.4 Å². The van der Waals surface area contributed by atoms with Crippen molar-refractivity contribution in [2.45, 2.75) is 43.5 Å². The van der Waals surface area contributed by atoms with E-state index in [2.05, 4.69) is 27.3 Å². The standard InChI is InChI=1S/C23H23N5OS/c1-4-5-20-16(3)26-23-24-14-25-28(23)22(20)30-19-12-10-18(11-13-19)27-21(29)17-8-6-15(2)7-9-17/h6-14H,4-5H2,1-3H3,(H,27,29). The smallest absolute Gasteiger partial charge is 0.255 e. The molecule has 0 unspecified atom stereocenters. The lowest BCUT2D eigenvalue weighted by molar-refractivity contribution is 0.102. The van der Waals surface area contributed by atoms with Crippen LogP contribution in [0, 0.1) is 13.8 Å². The number of anilines is 1. The summed E-state index contributed by atoms with van der Waals surface area (Å²) in [5.41, 5.74) is 4.71. The monoisotopic (exact) mass is 417 g/mol. The summed E-state index contributed by atoms with van der Waals surface area (Å²) in [7, 11) is 0. The first-order valence-corrected chi connectivity index (χ1v) is 10.7. The van der Waals surface area contributed by atoms with Crippen molar-refractivity contribution in [3.63, 3.8) is 0 Å². The number of nitrogens with one attached hydrogen (secondary N) is 1. The van der Waals surface area contributed by atoms with Crippen LogP contribution in [0.25, 0.3) is 5.78 Å². The van der Waals surface area contributed by atoms with E-state index in [1.54, 1.807) is 16.3 Å². The summed E-state index contributed by atoms with van der Waals surface area (Å²) in [6, 6.07) is 15.4. The Morgan fingerprint density at radius 1 is 1.07 bits per heavy atom. The van der Waals surface area contributed by atoms with Crippen molar-refractivity contribution in [3.8, 4) is 0 Å². The van der Waals surface area contributed by atoms with Gasteiger partial charge in [-0.05, 0) is 56.7 Å². The third-order valence-electron chi connectivity index (χ3n) is 4.83. The van der Waals surface area contributed by atoms with E-state index in [0.717, 1.165) is 39.7 Å². The summed E-state index contributed by atoms with van der Waals surface area (Å²) in [5, 5.41) is 8.35. The van der Waals surface area contributed by atoms with Crippen LogP contribution in [0.4, 0.5) is 5.69 Å². The molecular formula is C23H23N5OS. The fourth-order valence-electron chi connectivity index (χ4n) is 3.22. The normalized spacial score (nSPS) is 11.0. The summed E-state index contributed by atoms with van der Waals surface area (Å²) in [6.45, 7) is 6.18. The van der Waals surface area contributed by atoms with Crippen LogP contribution in [0.2, 0.25) is 0 Å². The molecule has 4 rings (SSSR count). The Kier molecular flexibility index (Phi) is 5.81. The molecule has 0 saturated heterocycles. The number of hydrogen-bond acceptors (Lipinski definition) is 5. The van der Waals surface area contributed by atoms with Crippen LogP contribution < -0.4 is 5.32 Å². The molecule has 0 spiro atoms. The zero-order valence-electron chi connectivity index (χ0n) is 17.2. The molecular weight excluding hydrogens is 394 g/mol. The average molecular weight is 418 g/mol. The molecule has 0 aliphatic heterocycles. The highest BCUT2D eigenvalue weighted by atomic mass is 32.2. The largest absolute Gasteiger partial charge is 0.322 e. The first-order valence-electron chi connectivity index (χ1n) is 9.90. The number of hydrogen-bond donors (Lipinski definition) is 1. The Morgan fingerprint density at radius 3 is 2.50 bits per heavy atom. The maximum Gasteiger partial charge on any atom is 0.255 e. The van der Waals surface area contributed by atoms with E-state index in [4.69, 9.17) is 0 Å². The van der Waals surface area contributed by atoms with Gasteiger partial charge in [-0.25, -0.2) is 4.98 Å². The van der Waals surface area contributed by atoms with Crippen LogP contribution in [-0.2, 0) is 6.42 Å². The average Bonchev–Trinajstić information content (AvgIpc) is 3.20. The molecule has 0 aliphatic carbocycles. The third-order valence-corrected chi connectivity index (χ3v) is 5.95. The maximum absolute atomic E-state index is 12.4. The Morgan fingerprint density at radius 2 is 1.80 bits per heavy atom. The van der Waals surface area contributed by atoms with E-state index in [-0.39, 0.29) is 5.91 Å². The first kappa shape index (κ1) is 20.1. The molecule has 2 aromatic carbocycles. The van der Waals surface area contributed by atoms with Crippen molar-refractivity contribution in [1.29, 1.82) is 0 Å². The van der Waals surface area contributed by atoms with E-state index in [1.807, 2.05) is 62.4 Å². The molecule has 0 bridgehead atoms. The number of nitrogens with zero attached hydrogens (tertiary/aromatic N) is 4. The van der Waals surface area contributed by atoms with E-state index >= 15 is 0 Å². The molecule has 0 saturated carbocycles. The molecule has 7 heteroatoms. The number of rotatable bonds is 6. The van der Waals surface area contributed by atoms with Crippen LogP contribution in [0.15, 0.2) is 64.8 Å². The third kappa shape index (κ3) is 4.21. The van der Waals surface area contributed by atoms with Crippen LogP contribution in [-0.4, -0.2) is 25.5 Å². The highest BCUT2D eigenvalue weighted by Crippen LogP contribution is 2.33. The van der Waals surface area contributed by atoms with E-state index in [1.165, 1.54) is 11.9 Å². The van der Waals surface area contributed by atoms with E-state index in [9.17, 15) is 4.79 Å². The minimum absolute atomic E-state index is 0.116. The predicted octanol–water partition coefficient (Wildman–Crippen LogP) is 5.10.